The van der Waals surface area contributed by atoms with Crippen LogP contribution in [-0.2, 0) is 0 Å². The highest BCUT2D eigenvalue weighted by Gasteiger charge is 2.19. The third-order valence-electron chi connectivity index (χ3n) is 2.98. The van der Waals surface area contributed by atoms with Crippen molar-refractivity contribution in [2.24, 2.45) is 0 Å². The third kappa shape index (κ3) is 3.83. The van der Waals surface area contributed by atoms with Gasteiger partial charge in [-0.25, -0.2) is 4.39 Å². The molecular weight excluding hydrogens is 359 g/mol. The molecular formula is C16H13BrClFO2. The predicted molar refractivity (Wildman–Crippen MR) is 84.7 cm³/mol. The molecule has 0 N–H and O–H groups in total. The van der Waals surface area contributed by atoms with Crippen LogP contribution < -0.4 is 4.74 Å². The Morgan fingerprint density at radius 3 is 2.52 bits per heavy atom. The van der Waals surface area contributed by atoms with Crippen molar-refractivity contribution in [3.05, 3.63) is 62.8 Å². The molecule has 110 valence electrons. The minimum absolute atomic E-state index is 0.00765. The van der Waals surface area contributed by atoms with E-state index in [1.807, 2.05) is 19.1 Å². The molecule has 21 heavy (non-hydrogen) atoms. The molecule has 2 aromatic rings. The lowest BCUT2D eigenvalue weighted by Crippen LogP contribution is -2.24. The van der Waals surface area contributed by atoms with E-state index in [9.17, 15) is 9.18 Å². The number of hydrogen-bond donors (Lipinski definition) is 0. The van der Waals surface area contributed by atoms with Crippen LogP contribution in [0.2, 0.25) is 5.02 Å². The Kier molecular flexibility index (Phi) is 5.01. The lowest BCUT2D eigenvalue weighted by molar-refractivity contribution is 0.0816. The van der Waals surface area contributed by atoms with Gasteiger partial charge in [0.25, 0.3) is 0 Å². The van der Waals surface area contributed by atoms with Crippen LogP contribution in [0.4, 0.5) is 4.39 Å². The highest BCUT2D eigenvalue weighted by molar-refractivity contribution is 9.10. The van der Waals surface area contributed by atoms with Gasteiger partial charge in [-0.1, -0.05) is 41.4 Å². The van der Waals surface area contributed by atoms with E-state index in [-0.39, 0.29) is 16.6 Å². The van der Waals surface area contributed by atoms with Gasteiger partial charge in [0.2, 0.25) is 5.78 Å². The van der Waals surface area contributed by atoms with Crippen molar-refractivity contribution in [3.63, 3.8) is 0 Å². The molecule has 2 aromatic carbocycles. The molecule has 2 nitrogen and oxygen atoms in total. The Hall–Kier alpha value is -1.39. The highest BCUT2D eigenvalue weighted by Crippen LogP contribution is 2.31. The maximum Gasteiger partial charge on any atom is 0.202 e. The van der Waals surface area contributed by atoms with E-state index < -0.39 is 11.9 Å². The van der Waals surface area contributed by atoms with Gasteiger partial charge in [0.05, 0.1) is 9.50 Å². The van der Waals surface area contributed by atoms with E-state index in [1.165, 1.54) is 6.07 Å². The summed E-state index contributed by atoms with van der Waals surface area (Å²) in [5, 5.41) is -0.00765. The lowest BCUT2D eigenvalue weighted by atomic mass is 10.1. The van der Waals surface area contributed by atoms with E-state index in [0.717, 1.165) is 11.6 Å². The second kappa shape index (κ2) is 6.58. The maximum absolute atomic E-state index is 13.5. The average Bonchev–Trinajstić information content (AvgIpc) is 2.44. The Balaban J connectivity index is 2.18. The van der Waals surface area contributed by atoms with Crippen LogP contribution in [0.25, 0.3) is 0 Å². The van der Waals surface area contributed by atoms with Gasteiger partial charge >= 0.3 is 0 Å². The minimum atomic E-state index is -0.732. The van der Waals surface area contributed by atoms with Crippen molar-refractivity contribution in [2.45, 2.75) is 20.0 Å². The van der Waals surface area contributed by atoms with Crippen LogP contribution in [0.15, 0.2) is 40.9 Å². The molecule has 0 saturated carbocycles. The molecule has 0 aliphatic heterocycles. The van der Waals surface area contributed by atoms with Gasteiger partial charge in [-0.3, -0.25) is 4.79 Å². The first-order chi connectivity index (χ1) is 9.88. The van der Waals surface area contributed by atoms with Gasteiger partial charge in [0.15, 0.2) is 6.10 Å². The van der Waals surface area contributed by atoms with E-state index in [2.05, 4.69) is 15.9 Å². The Morgan fingerprint density at radius 1 is 1.29 bits per heavy atom. The molecule has 0 aromatic heterocycles. The SMILES string of the molecule is Cc1ccc(C(=O)C(C)Oc2cc(F)c(Cl)cc2Br)cc1. The fourth-order valence-corrected chi connectivity index (χ4v) is 2.52. The van der Waals surface area contributed by atoms with E-state index in [0.29, 0.717) is 10.0 Å². The van der Waals surface area contributed by atoms with Gasteiger partial charge in [-0.15, -0.1) is 0 Å². The van der Waals surface area contributed by atoms with Crippen LogP contribution in [-0.4, -0.2) is 11.9 Å². The summed E-state index contributed by atoms with van der Waals surface area (Å²) in [6.07, 6.45) is -0.732. The fourth-order valence-electron chi connectivity index (χ4n) is 1.79. The molecule has 1 unspecified atom stereocenters. The zero-order valence-electron chi connectivity index (χ0n) is 11.5. The number of aryl methyl sites for hydroxylation is 1. The summed E-state index contributed by atoms with van der Waals surface area (Å²) < 4.78 is 19.5. The standard InChI is InChI=1S/C16H13BrClFO2/c1-9-3-5-11(6-4-9)16(20)10(2)21-15-8-14(19)13(18)7-12(15)17/h3-8,10H,1-2H3. The molecule has 0 aliphatic rings. The number of carbonyl (C=O) groups is 1. The fraction of sp³-hybridized carbons (Fsp3) is 0.188. The molecule has 5 heteroatoms. The van der Waals surface area contributed by atoms with Gasteiger partial charge < -0.3 is 4.74 Å². The maximum atomic E-state index is 13.5. The van der Waals surface area contributed by atoms with Crippen molar-refractivity contribution < 1.29 is 13.9 Å². The number of benzene rings is 2. The first-order valence-corrected chi connectivity index (χ1v) is 7.47. The molecule has 0 aliphatic carbocycles. The Bertz CT molecular complexity index is 671. The van der Waals surface area contributed by atoms with Gasteiger partial charge in [0.1, 0.15) is 11.6 Å². The predicted octanol–water partition coefficient (Wildman–Crippen LogP) is 5.20. The molecule has 1 atom stereocenters. The number of ether oxygens (including phenoxy) is 1. The monoisotopic (exact) mass is 370 g/mol. The van der Waals surface area contributed by atoms with Crippen molar-refractivity contribution in [1.82, 2.24) is 0 Å². The van der Waals surface area contributed by atoms with Gasteiger partial charge in [-0.05, 0) is 35.8 Å². The van der Waals surface area contributed by atoms with Crippen LogP contribution in [0.5, 0.6) is 5.75 Å². The molecule has 2 rings (SSSR count). The number of ketones is 1. The molecule has 0 heterocycles. The van der Waals surface area contributed by atoms with Crippen LogP contribution in [0, 0.1) is 12.7 Å². The van der Waals surface area contributed by atoms with E-state index >= 15 is 0 Å². The first kappa shape index (κ1) is 16.0. The molecule has 0 radical (unpaired) electrons. The van der Waals surface area contributed by atoms with Crippen LogP contribution >= 0.6 is 27.5 Å². The number of halogens is 3. The quantitative estimate of drug-likeness (QED) is 0.545. The summed E-state index contributed by atoms with van der Waals surface area (Å²) in [6, 6.07) is 9.76. The summed E-state index contributed by atoms with van der Waals surface area (Å²) in [4.78, 5) is 12.3. The summed E-state index contributed by atoms with van der Waals surface area (Å²) in [6.45, 7) is 3.57. The summed E-state index contributed by atoms with van der Waals surface area (Å²) >= 11 is 8.91. The molecule has 0 fully saturated rings. The summed E-state index contributed by atoms with van der Waals surface area (Å²) in [5.41, 5.74) is 1.63. The highest BCUT2D eigenvalue weighted by atomic mass is 79.9. The Morgan fingerprint density at radius 2 is 1.90 bits per heavy atom. The second-order valence-corrected chi connectivity index (χ2v) is 5.95. The third-order valence-corrected chi connectivity index (χ3v) is 3.89. The number of hydrogen-bond acceptors (Lipinski definition) is 2. The van der Waals surface area contributed by atoms with Crippen LogP contribution in [0.3, 0.4) is 0 Å². The van der Waals surface area contributed by atoms with Crippen molar-refractivity contribution >= 4 is 33.3 Å². The lowest BCUT2D eigenvalue weighted by Gasteiger charge is -2.15. The van der Waals surface area contributed by atoms with Crippen LogP contribution in [0.1, 0.15) is 22.8 Å². The summed E-state index contributed by atoms with van der Waals surface area (Å²) in [5.74, 6) is -0.521. The zero-order chi connectivity index (χ0) is 15.6. The first-order valence-electron chi connectivity index (χ1n) is 6.30. The van der Waals surface area contributed by atoms with E-state index in [1.54, 1.807) is 19.1 Å². The Labute approximate surface area is 136 Å². The number of carbonyl (C=O) groups excluding carboxylic acids is 1. The summed E-state index contributed by atoms with van der Waals surface area (Å²) in [7, 11) is 0. The molecule has 0 bridgehead atoms. The van der Waals surface area contributed by atoms with E-state index in [4.69, 9.17) is 16.3 Å². The normalized spacial score (nSPS) is 12.0. The topological polar surface area (TPSA) is 26.3 Å². The number of Topliss-reactive ketones (excluding diaryl/α,β-unsaturated/α-hetero) is 1. The van der Waals surface area contributed by atoms with Crippen molar-refractivity contribution in [3.8, 4) is 5.75 Å². The minimum Gasteiger partial charge on any atom is -0.481 e. The second-order valence-electron chi connectivity index (χ2n) is 4.69. The average molecular weight is 372 g/mol. The molecule has 0 saturated heterocycles. The van der Waals surface area contributed by atoms with Crippen molar-refractivity contribution in [2.75, 3.05) is 0 Å². The molecule has 0 amide bonds. The number of rotatable bonds is 4. The van der Waals surface area contributed by atoms with Gasteiger partial charge in [-0.2, -0.15) is 0 Å². The van der Waals surface area contributed by atoms with Crippen molar-refractivity contribution in [1.29, 1.82) is 0 Å². The molecule has 0 spiro atoms. The zero-order valence-corrected chi connectivity index (χ0v) is 13.8. The van der Waals surface area contributed by atoms with Gasteiger partial charge in [0, 0.05) is 11.6 Å². The largest absolute Gasteiger partial charge is 0.481 e. The smallest absolute Gasteiger partial charge is 0.202 e.